The lowest BCUT2D eigenvalue weighted by Crippen LogP contribution is -2.44. The fourth-order valence-electron chi connectivity index (χ4n) is 1.25. The normalized spacial score (nSPS) is 13.6. The lowest BCUT2D eigenvalue weighted by molar-refractivity contribution is -0.123. The molecule has 0 saturated heterocycles. The summed E-state index contributed by atoms with van der Waals surface area (Å²) in [5, 5.41) is 2.82. The third-order valence-corrected chi connectivity index (χ3v) is 3.86. The highest BCUT2D eigenvalue weighted by Gasteiger charge is 2.18. The number of nitrogens with two attached hydrogens (primary N) is 1. The van der Waals surface area contributed by atoms with Gasteiger partial charge < -0.3 is 11.1 Å². The summed E-state index contributed by atoms with van der Waals surface area (Å²) in [7, 11) is 0. The van der Waals surface area contributed by atoms with Crippen molar-refractivity contribution in [1.82, 2.24) is 5.32 Å². The molecule has 2 atom stereocenters. The van der Waals surface area contributed by atoms with Crippen LogP contribution in [0.1, 0.15) is 25.1 Å². The number of hydrogen-bond donors (Lipinski definition) is 2. The van der Waals surface area contributed by atoms with Gasteiger partial charge in [-0.25, -0.2) is 0 Å². The second-order valence-electron chi connectivity index (χ2n) is 3.83. The molecular weight excluding hydrogens is 279 g/mol. The van der Waals surface area contributed by atoms with Crippen LogP contribution in [0.25, 0.3) is 0 Å². The van der Waals surface area contributed by atoms with Crippen LogP contribution in [0, 0.1) is 5.92 Å². The molecule has 1 aromatic rings. The Morgan fingerprint density at radius 1 is 1.59 bits per heavy atom. The highest BCUT2D eigenvalue weighted by atomic mass is 35.5. The van der Waals surface area contributed by atoms with E-state index in [4.69, 9.17) is 17.3 Å². The van der Waals surface area contributed by atoms with E-state index in [-0.39, 0.29) is 24.2 Å². The van der Waals surface area contributed by atoms with Gasteiger partial charge in [0.1, 0.15) is 0 Å². The summed E-state index contributed by atoms with van der Waals surface area (Å²) in [5.74, 6) is 0.103. The van der Waals surface area contributed by atoms with E-state index in [0.717, 1.165) is 15.6 Å². The van der Waals surface area contributed by atoms with Gasteiger partial charge in [-0.05, 0) is 18.1 Å². The molecule has 17 heavy (non-hydrogen) atoms. The van der Waals surface area contributed by atoms with Gasteiger partial charge in [0.15, 0.2) is 0 Å². The van der Waals surface area contributed by atoms with E-state index in [1.807, 2.05) is 26.0 Å². The smallest absolute Gasteiger partial charge is 0.237 e. The van der Waals surface area contributed by atoms with Gasteiger partial charge in [0, 0.05) is 4.88 Å². The van der Waals surface area contributed by atoms with Gasteiger partial charge in [-0.15, -0.1) is 23.7 Å². The Labute approximate surface area is 117 Å². The number of hydrogen-bond acceptors (Lipinski definition) is 3. The largest absolute Gasteiger partial charge is 0.350 e. The van der Waals surface area contributed by atoms with Gasteiger partial charge >= 0.3 is 0 Å². The van der Waals surface area contributed by atoms with Crippen molar-refractivity contribution in [3.8, 4) is 0 Å². The van der Waals surface area contributed by atoms with E-state index in [1.165, 1.54) is 11.3 Å². The van der Waals surface area contributed by atoms with Gasteiger partial charge in [0.05, 0.1) is 16.9 Å². The van der Waals surface area contributed by atoms with Crippen molar-refractivity contribution in [2.75, 3.05) is 0 Å². The summed E-state index contributed by atoms with van der Waals surface area (Å²) in [5.41, 5.74) is 5.81. The van der Waals surface area contributed by atoms with Crippen molar-refractivity contribution in [2.45, 2.75) is 32.9 Å². The predicted octanol–water partition coefficient (Wildman–Crippen LogP) is 2.81. The van der Waals surface area contributed by atoms with E-state index in [9.17, 15) is 4.79 Å². The molecule has 0 aromatic carbocycles. The summed E-state index contributed by atoms with van der Waals surface area (Å²) in [4.78, 5) is 12.7. The second-order valence-corrected chi connectivity index (χ2v) is 5.63. The first-order valence-corrected chi connectivity index (χ1v) is 6.51. The van der Waals surface area contributed by atoms with Crippen molar-refractivity contribution in [2.24, 2.45) is 11.7 Å². The molecule has 0 fully saturated rings. The minimum Gasteiger partial charge on any atom is -0.350 e. The third kappa shape index (κ3) is 5.25. The number of carbonyl (C=O) groups excluding carboxylic acids is 1. The molecule has 98 valence electrons. The van der Waals surface area contributed by atoms with E-state index in [2.05, 4.69) is 5.32 Å². The third-order valence-electron chi connectivity index (χ3n) is 2.63. The van der Waals surface area contributed by atoms with Gasteiger partial charge in [-0.2, -0.15) is 0 Å². The van der Waals surface area contributed by atoms with Crippen LogP contribution < -0.4 is 11.1 Å². The van der Waals surface area contributed by atoms with Crippen LogP contribution in [0.4, 0.5) is 0 Å². The zero-order chi connectivity index (χ0) is 12.1. The molecule has 0 saturated carbocycles. The SMILES string of the molecule is CCC(C)C(N)C(=O)NCc1ccc(Cl)s1.Cl. The fraction of sp³-hybridized carbons (Fsp3) is 0.545. The molecule has 1 rings (SSSR count). The molecule has 0 aliphatic carbocycles. The van der Waals surface area contributed by atoms with Crippen LogP contribution in [0.5, 0.6) is 0 Å². The van der Waals surface area contributed by atoms with Crippen LogP contribution in [-0.4, -0.2) is 11.9 Å². The fourth-order valence-corrected chi connectivity index (χ4v) is 2.28. The summed E-state index contributed by atoms with van der Waals surface area (Å²) >= 11 is 7.26. The van der Waals surface area contributed by atoms with Crippen molar-refractivity contribution in [3.63, 3.8) is 0 Å². The van der Waals surface area contributed by atoms with Crippen LogP contribution >= 0.6 is 35.3 Å². The predicted molar refractivity (Wildman–Crippen MR) is 75.9 cm³/mol. The van der Waals surface area contributed by atoms with Crippen LogP contribution in [0.2, 0.25) is 4.34 Å². The lowest BCUT2D eigenvalue weighted by atomic mass is 9.99. The molecule has 1 heterocycles. The average molecular weight is 297 g/mol. The van der Waals surface area contributed by atoms with Crippen LogP contribution in [0.15, 0.2) is 12.1 Å². The molecule has 1 amide bonds. The summed E-state index contributed by atoms with van der Waals surface area (Å²) in [6.45, 7) is 4.50. The first-order chi connectivity index (χ1) is 7.54. The first-order valence-electron chi connectivity index (χ1n) is 5.32. The molecule has 0 aliphatic heterocycles. The lowest BCUT2D eigenvalue weighted by Gasteiger charge is -2.17. The van der Waals surface area contributed by atoms with Crippen molar-refractivity contribution in [1.29, 1.82) is 0 Å². The Kier molecular flexibility index (Phi) is 7.79. The molecule has 3 N–H and O–H groups in total. The number of carbonyl (C=O) groups is 1. The first kappa shape index (κ1) is 16.7. The standard InChI is InChI=1S/C11H17ClN2OS.ClH/c1-3-7(2)10(13)11(15)14-6-8-4-5-9(12)16-8;/h4-5,7,10H,3,6,13H2,1-2H3,(H,14,15);1H. The van der Waals surface area contributed by atoms with Gasteiger partial charge in [0.25, 0.3) is 0 Å². The minimum atomic E-state index is -0.430. The Bertz CT molecular complexity index is 357. The highest BCUT2D eigenvalue weighted by molar-refractivity contribution is 7.16. The molecule has 2 unspecified atom stereocenters. The molecule has 0 radical (unpaired) electrons. The number of thiophene rings is 1. The van der Waals surface area contributed by atoms with Crippen molar-refractivity contribution < 1.29 is 4.79 Å². The Morgan fingerprint density at radius 3 is 2.71 bits per heavy atom. The van der Waals surface area contributed by atoms with E-state index in [1.54, 1.807) is 0 Å². The topological polar surface area (TPSA) is 55.1 Å². The molecule has 6 heteroatoms. The molecule has 1 aromatic heterocycles. The minimum absolute atomic E-state index is 0. The van der Waals surface area contributed by atoms with Gasteiger partial charge in [-0.3, -0.25) is 4.79 Å². The number of rotatable bonds is 5. The highest BCUT2D eigenvalue weighted by Crippen LogP contribution is 2.21. The number of amides is 1. The maximum Gasteiger partial charge on any atom is 0.237 e. The monoisotopic (exact) mass is 296 g/mol. The van der Waals surface area contributed by atoms with Crippen molar-refractivity contribution >= 4 is 41.3 Å². The Morgan fingerprint density at radius 2 is 2.24 bits per heavy atom. The number of halogens is 2. The van der Waals surface area contributed by atoms with E-state index in [0.29, 0.717) is 6.54 Å². The quantitative estimate of drug-likeness (QED) is 0.878. The Balaban J connectivity index is 0.00000256. The van der Waals surface area contributed by atoms with E-state index >= 15 is 0 Å². The molecule has 0 aliphatic rings. The molecule has 3 nitrogen and oxygen atoms in total. The van der Waals surface area contributed by atoms with Crippen LogP contribution in [0.3, 0.4) is 0 Å². The maximum atomic E-state index is 11.7. The Hall–Kier alpha value is -0.290. The zero-order valence-corrected chi connectivity index (χ0v) is 12.3. The molecule has 0 bridgehead atoms. The maximum absolute atomic E-state index is 11.7. The van der Waals surface area contributed by atoms with Crippen LogP contribution in [-0.2, 0) is 11.3 Å². The van der Waals surface area contributed by atoms with Gasteiger partial charge in [-0.1, -0.05) is 31.9 Å². The summed E-state index contributed by atoms with van der Waals surface area (Å²) in [6.07, 6.45) is 0.902. The average Bonchev–Trinajstić information content (AvgIpc) is 2.69. The molecular formula is C11H18Cl2N2OS. The number of nitrogens with one attached hydrogen (secondary N) is 1. The molecule has 0 spiro atoms. The van der Waals surface area contributed by atoms with E-state index < -0.39 is 6.04 Å². The summed E-state index contributed by atoms with van der Waals surface area (Å²) < 4.78 is 0.732. The second kappa shape index (κ2) is 7.93. The van der Waals surface area contributed by atoms with Gasteiger partial charge in [0.2, 0.25) is 5.91 Å². The zero-order valence-electron chi connectivity index (χ0n) is 9.90. The van der Waals surface area contributed by atoms with Crippen molar-refractivity contribution in [3.05, 3.63) is 21.3 Å². The summed E-state index contributed by atoms with van der Waals surface area (Å²) in [6, 6.07) is 3.30.